The molecule has 0 aliphatic heterocycles. The lowest BCUT2D eigenvalue weighted by molar-refractivity contribution is -0.149. The number of halogens is 1. The average molecular weight is 472 g/mol. The molecule has 0 saturated heterocycles. The van der Waals surface area contributed by atoms with E-state index in [0.29, 0.717) is 12.2 Å². The molecule has 0 aliphatic carbocycles. The van der Waals surface area contributed by atoms with E-state index in [2.05, 4.69) is 11.9 Å². The first-order valence-corrected chi connectivity index (χ1v) is 11.8. The van der Waals surface area contributed by atoms with Crippen molar-refractivity contribution in [3.05, 3.63) is 46.5 Å². The zero-order chi connectivity index (χ0) is 23.4. The monoisotopic (exact) mass is 471 g/mol. The molecule has 0 bridgehead atoms. The Kier molecular flexibility index (Phi) is 8.27. The Bertz CT molecular complexity index is 1020. The Morgan fingerprint density at radius 3 is 2.42 bits per heavy atom. The van der Waals surface area contributed by atoms with Crippen LogP contribution in [0.1, 0.15) is 50.7 Å². The summed E-state index contributed by atoms with van der Waals surface area (Å²) in [5.74, 6) is 0.135. The standard InChI is InChI=1S/C21H30ClN3O5S/c1-6-7-8-18-23-19(22)17(14-26)25(18)13-15-9-11-16(12-10-15)31(28,29)24(4)21(2,3)20(27)30-5/h9-12,26H,6-8,13-14H2,1-5H3. The van der Waals surface area contributed by atoms with E-state index in [1.807, 2.05) is 4.57 Å². The highest BCUT2D eigenvalue weighted by Crippen LogP contribution is 2.25. The molecule has 0 amide bonds. The fourth-order valence-electron chi connectivity index (χ4n) is 3.15. The van der Waals surface area contributed by atoms with Gasteiger partial charge in [0.1, 0.15) is 11.4 Å². The molecular formula is C21H30ClN3O5S. The fraction of sp³-hybridized carbons (Fsp3) is 0.524. The fourth-order valence-corrected chi connectivity index (χ4v) is 4.89. The minimum absolute atomic E-state index is 0.0629. The summed E-state index contributed by atoms with van der Waals surface area (Å²) < 4.78 is 33.6. The van der Waals surface area contributed by atoms with Crippen LogP contribution in [0.25, 0.3) is 0 Å². The number of imidazole rings is 1. The number of carbonyl (C=O) groups is 1. The Labute approximate surface area is 188 Å². The zero-order valence-electron chi connectivity index (χ0n) is 18.6. The lowest BCUT2D eigenvalue weighted by Crippen LogP contribution is -2.51. The predicted octanol–water partition coefficient (Wildman–Crippen LogP) is 2.99. The molecule has 0 radical (unpaired) electrons. The molecular weight excluding hydrogens is 442 g/mol. The van der Waals surface area contributed by atoms with Gasteiger partial charge in [-0.05, 0) is 38.0 Å². The number of aliphatic hydroxyl groups excluding tert-OH is 1. The van der Waals surface area contributed by atoms with E-state index >= 15 is 0 Å². The third-order valence-electron chi connectivity index (χ3n) is 5.40. The summed E-state index contributed by atoms with van der Waals surface area (Å²) in [7, 11) is -1.35. The number of benzene rings is 1. The molecule has 0 spiro atoms. The number of sulfonamides is 1. The van der Waals surface area contributed by atoms with Crippen LogP contribution in [-0.2, 0) is 39.1 Å². The van der Waals surface area contributed by atoms with Gasteiger partial charge in [-0.25, -0.2) is 13.4 Å². The van der Waals surface area contributed by atoms with Crippen LogP contribution in [-0.4, -0.2) is 53.0 Å². The number of aryl methyl sites for hydroxylation is 1. The largest absolute Gasteiger partial charge is 0.468 e. The zero-order valence-corrected chi connectivity index (χ0v) is 20.1. The van der Waals surface area contributed by atoms with Gasteiger partial charge in [0.2, 0.25) is 10.0 Å². The van der Waals surface area contributed by atoms with Crippen molar-refractivity contribution in [2.75, 3.05) is 14.2 Å². The molecule has 2 aromatic rings. The van der Waals surface area contributed by atoms with E-state index in [1.165, 1.54) is 40.1 Å². The van der Waals surface area contributed by atoms with Crippen molar-refractivity contribution in [1.29, 1.82) is 0 Å². The number of ether oxygens (including phenoxy) is 1. The molecule has 1 N–H and O–H groups in total. The normalized spacial score (nSPS) is 12.4. The maximum absolute atomic E-state index is 13.0. The van der Waals surface area contributed by atoms with Crippen molar-refractivity contribution in [3.63, 3.8) is 0 Å². The van der Waals surface area contributed by atoms with Gasteiger partial charge >= 0.3 is 5.97 Å². The Morgan fingerprint density at radius 2 is 1.90 bits per heavy atom. The number of unbranched alkanes of at least 4 members (excludes halogenated alkanes) is 1. The second-order valence-electron chi connectivity index (χ2n) is 7.78. The smallest absolute Gasteiger partial charge is 0.326 e. The summed E-state index contributed by atoms with van der Waals surface area (Å²) >= 11 is 6.18. The van der Waals surface area contributed by atoms with Gasteiger partial charge < -0.3 is 14.4 Å². The number of methoxy groups -OCH3 is 1. The van der Waals surface area contributed by atoms with Crippen molar-refractivity contribution in [2.45, 2.75) is 63.6 Å². The first-order valence-electron chi connectivity index (χ1n) is 10.0. The van der Waals surface area contributed by atoms with Crippen LogP contribution in [0.5, 0.6) is 0 Å². The number of likely N-dealkylation sites (N-methyl/N-ethyl adjacent to an activating group) is 1. The highest BCUT2D eigenvalue weighted by Gasteiger charge is 2.40. The van der Waals surface area contributed by atoms with E-state index in [9.17, 15) is 18.3 Å². The molecule has 0 atom stereocenters. The lowest BCUT2D eigenvalue weighted by Gasteiger charge is -2.31. The van der Waals surface area contributed by atoms with Crippen LogP contribution in [0.15, 0.2) is 29.2 Å². The van der Waals surface area contributed by atoms with Gasteiger partial charge in [-0.15, -0.1) is 0 Å². The summed E-state index contributed by atoms with van der Waals surface area (Å²) in [6.45, 7) is 5.22. The lowest BCUT2D eigenvalue weighted by atomic mass is 10.1. The molecule has 0 unspecified atom stereocenters. The van der Waals surface area contributed by atoms with Gasteiger partial charge in [-0.3, -0.25) is 4.79 Å². The third kappa shape index (κ3) is 5.28. The Hall–Kier alpha value is -1.94. The minimum atomic E-state index is -3.92. The predicted molar refractivity (Wildman–Crippen MR) is 118 cm³/mol. The van der Waals surface area contributed by atoms with Crippen molar-refractivity contribution < 1.29 is 23.1 Å². The van der Waals surface area contributed by atoms with Gasteiger partial charge in [0.25, 0.3) is 0 Å². The van der Waals surface area contributed by atoms with Crippen molar-refractivity contribution in [2.24, 2.45) is 0 Å². The molecule has 1 aromatic carbocycles. The summed E-state index contributed by atoms with van der Waals surface area (Å²) in [4.78, 5) is 16.4. The molecule has 0 saturated carbocycles. The van der Waals surface area contributed by atoms with Crippen LogP contribution < -0.4 is 0 Å². The van der Waals surface area contributed by atoms with Crippen LogP contribution in [0.3, 0.4) is 0 Å². The number of rotatable bonds is 10. The average Bonchev–Trinajstić information content (AvgIpc) is 3.05. The number of nitrogens with zero attached hydrogens (tertiary/aromatic N) is 3. The summed E-state index contributed by atoms with van der Waals surface area (Å²) in [5.41, 5.74) is 0.00341. The third-order valence-corrected chi connectivity index (χ3v) is 7.75. The van der Waals surface area contributed by atoms with Gasteiger partial charge in [0, 0.05) is 20.0 Å². The molecule has 31 heavy (non-hydrogen) atoms. The summed E-state index contributed by atoms with van der Waals surface area (Å²) in [6, 6.07) is 6.39. The maximum atomic E-state index is 13.0. The van der Waals surface area contributed by atoms with Gasteiger partial charge in [-0.2, -0.15) is 4.31 Å². The molecule has 1 aromatic heterocycles. The molecule has 1 heterocycles. The molecule has 2 rings (SSSR count). The van der Waals surface area contributed by atoms with E-state index in [4.69, 9.17) is 16.3 Å². The quantitative estimate of drug-likeness (QED) is 0.534. The van der Waals surface area contributed by atoms with Crippen molar-refractivity contribution >= 4 is 27.6 Å². The number of hydrogen-bond donors (Lipinski definition) is 1. The highest BCUT2D eigenvalue weighted by molar-refractivity contribution is 7.89. The molecule has 0 aliphatic rings. The minimum Gasteiger partial charge on any atom is -0.468 e. The SMILES string of the molecule is CCCCc1nc(Cl)c(CO)n1Cc1ccc(S(=O)(=O)N(C)C(C)(C)C(=O)OC)cc1. The first kappa shape index (κ1) is 25.3. The number of carbonyl (C=O) groups excluding carboxylic acids is 1. The molecule has 10 heteroatoms. The first-order chi connectivity index (χ1) is 14.5. The number of aliphatic hydroxyl groups is 1. The maximum Gasteiger partial charge on any atom is 0.326 e. The van der Waals surface area contributed by atoms with E-state index < -0.39 is 21.5 Å². The van der Waals surface area contributed by atoms with Gasteiger partial charge in [-0.1, -0.05) is 37.1 Å². The topological polar surface area (TPSA) is 102 Å². The number of esters is 1. The van der Waals surface area contributed by atoms with Crippen LogP contribution in [0.2, 0.25) is 5.15 Å². The second-order valence-corrected chi connectivity index (χ2v) is 10.1. The van der Waals surface area contributed by atoms with Crippen molar-refractivity contribution in [3.8, 4) is 0 Å². The van der Waals surface area contributed by atoms with Crippen molar-refractivity contribution in [1.82, 2.24) is 13.9 Å². The van der Waals surface area contributed by atoms with E-state index in [0.717, 1.165) is 35.0 Å². The molecule has 8 nitrogen and oxygen atoms in total. The summed E-state index contributed by atoms with van der Waals surface area (Å²) in [6.07, 6.45) is 2.68. The number of hydrogen-bond acceptors (Lipinski definition) is 6. The van der Waals surface area contributed by atoms with E-state index in [-0.39, 0.29) is 16.7 Å². The van der Waals surface area contributed by atoms with E-state index in [1.54, 1.807) is 12.1 Å². The Morgan fingerprint density at radius 1 is 1.29 bits per heavy atom. The van der Waals surface area contributed by atoms with Crippen LogP contribution in [0.4, 0.5) is 0 Å². The second kappa shape index (κ2) is 10.1. The van der Waals surface area contributed by atoms with Crippen LogP contribution in [0, 0.1) is 0 Å². The number of aromatic nitrogens is 2. The molecule has 0 fully saturated rings. The Balaban J connectivity index is 2.32. The summed E-state index contributed by atoms with van der Waals surface area (Å²) in [5, 5.41) is 9.98. The van der Waals surface area contributed by atoms with Gasteiger partial charge in [0.05, 0.1) is 24.3 Å². The molecule has 172 valence electrons. The highest BCUT2D eigenvalue weighted by atomic mass is 35.5. The van der Waals surface area contributed by atoms with Gasteiger partial charge in [0.15, 0.2) is 5.15 Å². The van der Waals surface area contributed by atoms with Crippen LogP contribution >= 0.6 is 11.6 Å².